The van der Waals surface area contributed by atoms with E-state index in [1.54, 1.807) is 20.8 Å². The van der Waals surface area contributed by atoms with Gasteiger partial charge in [0.25, 0.3) is 10.0 Å². The van der Waals surface area contributed by atoms with E-state index in [0.29, 0.717) is 19.4 Å². The zero-order valence-electron chi connectivity index (χ0n) is 13.9. The number of aromatic nitrogens is 2. The van der Waals surface area contributed by atoms with Gasteiger partial charge in [0.05, 0.1) is 11.9 Å². The van der Waals surface area contributed by atoms with Crippen molar-refractivity contribution in [2.75, 3.05) is 13.6 Å². The molecule has 2 aliphatic rings. The van der Waals surface area contributed by atoms with Crippen molar-refractivity contribution in [1.82, 2.24) is 18.8 Å². The number of likely N-dealkylation sites (tertiary alicyclic amines) is 1. The molecule has 23 heavy (non-hydrogen) atoms. The monoisotopic (exact) mass is 340 g/mol. The number of sulfonamides is 1. The Morgan fingerprint density at radius 1 is 1.35 bits per heavy atom. The van der Waals surface area contributed by atoms with Gasteiger partial charge in [-0.15, -0.1) is 0 Å². The van der Waals surface area contributed by atoms with Crippen LogP contribution in [0.5, 0.6) is 0 Å². The maximum absolute atomic E-state index is 13.0. The van der Waals surface area contributed by atoms with Gasteiger partial charge < -0.3 is 9.47 Å². The average molecular weight is 340 g/mol. The molecule has 0 unspecified atom stereocenters. The van der Waals surface area contributed by atoms with Crippen molar-refractivity contribution in [3.63, 3.8) is 0 Å². The lowest BCUT2D eigenvalue weighted by Crippen LogP contribution is -2.63. The Hall–Kier alpha value is -1.41. The van der Waals surface area contributed by atoms with Crippen LogP contribution in [-0.2, 0) is 21.9 Å². The molecule has 0 radical (unpaired) electrons. The molecule has 128 valence electrons. The van der Waals surface area contributed by atoms with Crippen molar-refractivity contribution in [3.05, 3.63) is 12.5 Å². The van der Waals surface area contributed by atoms with Gasteiger partial charge in [0.1, 0.15) is 0 Å². The summed E-state index contributed by atoms with van der Waals surface area (Å²) in [6.07, 6.45) is 6.58. The highest BCUT2D eigenvalue weighted by atomic mass is 32.2. The van der Waals surface area contributed by atoms with Gasteiger partial charge in [-0.3, -0.25) is 4.79 Å². The molecule has 1 aromatic heterocycles. The number of nitrogens with zero attached hydrogens (tertiary/aromatic N) is 4. The van der Waals surface area contributed by atoms with Crippen LogP contribution in [-0.4, -0.2) is 58.3 Å². The number of carbonyl (C=O) groups is 1. The molecule has 1 spiro atoms. The number of carbonyl (C=O) groups excluding carboxylic acids is 1. The number of rotatable bonds is 3. The Bertz CT molecular complexity index is 714. The largest absolute Gasteiger partial charge is 0.339 e. The molecule has 2 saturated heterocycles. The Morgan fingerprint density at radius 3 is 2.61 bits per heavy atom. The minimum atomic E-state index is -3.64. The van der Waals surface area contributed by atoms with Crippen LogP contribution < -0.4 is 0 Å². The second kappa shape index (κ2) is 5.59. The fourth-order valence-electron chi connectivity index (χ4n) is 4.23. The molecule has 0 N–H and O–H groups in total. The first-order valence-electron chi connectivity index (χ1n) is 8.09. The minimum absolute atomic E-state index is 0.0856. The van der Waals surface area contributed by atoms with Crippen LogP contribution in [0.2, 0.25) is 0 Å². The van der Waals surface area contributed by atoms with Crippen LogP contribution in [0.15, 0.2) is 17.6 Å². The molecule has 7 nitrogen and oxygen atoms in total. The highest BCUT2D eigenvalue weighted by Gasteiger charge is 2.54. The molecule has 3 rings (SSSR count). The Morgan fingerprint density at radius 2 is 2.09 bits per heavy atom. The molecular formula is C15H24N4O3S. The van der Waals surface area contributed by atoms with Gasteiger partial charge in [-0.2, -0.15) is 4.31 Å². The molecule has 8 heteroatoms. The predicted octanol–water partition coefficient (Wildman–Crippen LogP) is 0.974. The molecule has 2 atom stereocenters. The van der Waals surface area contributed by atoms with Crippen LogP contribution >= 0.6 is 0 Å². The molecule has 0 bridgehead atoms. The van der Waals surface area contributed by atoms with E-state index in [1.807, 2.05) is 14.0 Å². The van der Waals surface area contributed by atoms with Crippen LogP contribution in [0.25, 0.3) is 0 Å². The van der Waals surface area contributed by atoms with E-state index in [9.17, 15) is 13.2 Å². The van der Waals surface area contributed by atoms with Gasteiger partial charge >= 0.3 is 0 Å². The van der Waals surface area contributed by atoms with E-state index >= 15 is 0 Å². The summed E-state index contributed by atoms with van der Waals surface area (Å²) in [7, 11) is -0.0746. The first kappa shape index (κ1) is 16.4. The minimum Gasteiger partial charge on any atom is -0.339 e. The van der Waals surface area contributed by atoms with Crippen LogP contribution in [0, 0.1) is 0 Å². The number of hydrogen-bond acceptors (Lipinski definition) is 4. The molecule has 3 heterocycles. The molecule has 2 aliphatic heterocycles. The van der Waals surface area contributed by atoms with Crippen LogP contribution in [0.1, 0.15) is 39.0 Å². The summed E-state index contributed by atoms with van der Waals surface area (Å²) in [6.45, 7) is 2.48. The van der Waals surface area contributed by atoms with E-state index < -0.39 is 10.0 Å². The van der Waals surface area contributed by atoms with E-state index in [-0.39, 0.29) is 22.5 Å². The summed E-state index contributed by atoms with van der Waals surface area (Å²) < 4.78 is 29.3. The van der Waals surface area contributed by atoms with Crippen LogP contribution in [0.4, 0.5) is 0 Å². The Labute approximate surface area is 137 Å². The number of piperidine rings is 1. The summed E-state index contributed by atoms with van der Waals surface area (Å²) in [6, 6.07) is -0.195. The number of imidazole rings is 1. The number of aryl methyl sites for hydroxylation is 1. The summed E-state index contributed by atoms with van der Waals surface area (Å²) in [4.78, 5) is 17.9. The van der Waals surface area contributed by atoms with Crippen molar-refractivity contribution in [2.24, 2.45) is 7.05 Å². The highest BCUT2D eigenvalue weighted by Crippen LogP contribution is 2.43. The zero-order chi connectivity index (χ0) is 16.8. The average Bonchev–Trinajstić information content (AvgIpc) is 3.08. The molecule has 2 fully saturated rings. The van der Waals surface area contributed by atoms with Crippen molar-refractivity contribution in [1.29, 1.82) is 0 Å². The molecular weight excluding hydrogens is 316 g/mol. The van der Waals surface area contributed by atoms with Gasteiger partial charge in [-0.25, -0.2) is 13.4 Å². The zero-order valence-corrected chi connectivity index (χ0v) is 14.7. The molecule has 0 saturated carbocycles. The third-order valence-corrected chi connectivity index (χ3v) is 7.20. The number of amides is 1. The maximum Gasteiger partial charge on any atom is 0.262 e. The smallest absolute Gasteiger partial charge is 0.262 e. The standard InChI is InChI=1S/C15H24N4O3S/c1-4-12-15(8-6-14(20)18(15)3)7-5-9-19(12)23(21,22)13-10-17(2)11-16-13/h10-12H,4-9H2,1-3H3/t12-,15-/m1/s1. The molecule has 0 aromatic carbocycles. The maximum atomic E-state index is 13.0. The van der Waals surface area contributed by atoms with E-state index in [1.165, 1.54) is 12.5 Å². The SMILES string of the molecule is CC[C@H]1N(S(=O)(=O)c2cn(C)cn2)CCC[C@@]12CCC(=O)N2C. The van der Waals surface area contributed by atoms with Gasteiger partial charge in [0, 0.05) is 39.3 Å². The summed E-state index contributed by atoms with van der Waals surface area (Å²) in [5.74, 6) is 0.112. The quantitative estimate of drug-likeness (QED) is 0.822. The lowest BCUT2D eigenvalue weighted by molar-refractivity contribution is -0.131. The summed E-state index contributed by atoms with van der Waals surface area (Å²) in [5.41, 5.74) is -0.369. The second-order valence-corrected chi connectivity index (χ2v) is 8.41. The first-order chi connectivity index (χ1) is 10.8. The summed E-state index contributed by atoms with van der Waals surface area (Å²) >= 11 is 0. The van der Waals surface area contributed by atoms with Crippen molar-refractivity contribution in [2.45, 2.75) is 55.6 Å². The lowest BCUT2D eigenvalue weighted by atomic mass is 9.79. The number of likely N-dealkylation sites (N-methyl/N-ethyl adjacent to an activating group) is 1. The van der Waals surface area contributed by atoms with Gasteiger partial charge in [-0.1, -0.05) is 6.92 Å². The Kier molecular flexibility index (Phi) is 4.00. The number of hydrogen-bond donors (Lipinski definition) is 0. The topological polar surface area (TPSA) is 75.5 Å². The third-order valence-electron chi connectivity index (χ3n) is 5.41. The van der Waals surface area contributed by atoms with Gasteiger partial charge in [-0.05, 0) is 25.7 Å². The van der Waals surface area contributed by atoms with E-state index in [2.05, 4.69) is 4.98 Å². The molecule has 1 aromatic rings. The fourth-order valence-corrected chi connectivity index (χ4v) is 6.00. The normalized spacial score (nSPS) is 29.6. The van der Waals surface area contributed by atoms with Crippen molar-refractivity contribution < 1.29 is 13.2 Å². The fraction of sp³-hybridized carbons (Fsp3) is 0.733. The van der Waals surface area contributed by atoms with Gasteiger partial charge in [0.2, 0.25) is 5.91 Å². The van der Waals surface area contributed by atoms with E-state index in [0.717, 1.165) is 19.3 Å². The Balaban J connectivity index is 2.01. The predicted molar refractivity (Wildman–Crippen MR) is 85.1 cm³/mol. The molecule has 0 aliphatic carbocycles. The third kappa shape index (κ3) is 2.39. The summed E-state index contributed by atoms with van der Waals surface area (Å²) in [5, 5.41) is 0.0856. The first-order valence-corrected chi connectivity index (χ1v) is 9.53. The highest BCUT2D eigenvalue weighted by molar-refractivity contribution is 7.89. The second-order valence-electron chi connectivity index (χ2n) is 6.58. The van der Waals surface area contributed by atoms with E-state index in [4.69, 9.17) is 0 Å². The van der Waals surface area contributed by atoms with Gasteiger partial charge in [0.15, 0.2) is 5.03 Å². The lowest BCUT2D eigenvalue weighted by Gasteiger charge is -2.50. The van der Waals surface area contributed by atoms with Crippen LogP contribution in [0.3, 0.4) is 0 Å². The van der Waals surface area contributed by atoms with Crippen molar-refractivity contribution >= 4 is 15.9 Å². The molecule has 1 amide bonds. The van der Waals surface area contributed by atoms with Crippen molar-refractivity contribution in [3.8, 4) is 0 Å².